The molecule has 1 aliphatic heterocycles. The van der Waals surface area contributed by atoms with Crippen molar-refractivity contribution >= 4 is 28.6 Å². The molecule has 18 heavy (non-hydrogen) atoms. The van der Waals surface area contributed by atoms with Crippen LogP contribution in [0.4, 0.5) is 5.82 Å². The fourth-order valence-electron chi connectivity index (χ4n) is 1.94. The van der Waals surface area contributed by atoms with Gasteiger partial charge in [0.25, 0.3) is 5.91 Å². The Morgan fingerprint density at radius 2 is 2.28 bits per heavy atom. The second-order valence-corrected chi connectivity index (χ2v) is 3.98. The van der Waals surface area contributed by atoms with Gasteiger partial charge in [0.15, 0.2) is 11.5 Å². The molecule has 3 N–H and O–H groups in total. The van der Waals surface area contributed by atoms with Crippen molar-refractivity contribution in [2.45, 2.75) is 6.92 Å². The number of aromatic amines is 1. The first kappa shape index (κ1) is 10.8. The van der Waals surface area contributed by atoms with Gasteiger partial charge in [-0.25, -0.2) is 15.0 Å². The molecule has 2 aromatic rings. The van der Waals surface area contributed by atoms with Crippen LogP contribution in [0, 0.1) is 5.92 Å². The van der Waals surface area contributed by atoms with Gasteiger partial charge in [0.05, 0.1) is 12.2 Å². The molecule has 92 valence electrons. The number of fused-ring (bicyclic) bond motifs is 1. The van der Waals surface area contributed by atoms with Crippen LogP contribution >= 0.6 is 0 Å². The number of nitrogens with one attached hydrogen (secondary N) is 1. The van der Waals surface area contributed by atoms with E-state index in [9.17, 15) is 4.79 Å². The quantitative estimate of drug-likeness (QED) is 0.750. The highest BCUT2D eigenvalue weighted by atomic mass is 16.2. The van der Waals surface area contributed by atoms with Crippen LogP contribution in [-0.2, 0) is 4.79 Å². The van der Waals surface area contributed by atoms with E-state index in [-0.39, 0.29) is 18.4 Å². The molecule has 0 aromatic carbocycles. The summed E-state index contributed by atoms with van der Waals surface area (Å²) in [6.45, 7) is 2.02. The average Bonchev–Trinajstić information content (AvgIpc) is 2.94. The summed E-state index contributed by atoms with van der Waals surface area (Å²) in [5.74, 6) is -0.152. The Bertz CT molecular complexity index is 646. The lowest BCUT2D eigenvalue weighted by Gasteiger charge is -2.12. The molecule has 1 amide bonds. The normalized spacial score (nSPS) is 19.7. The maximum Gasteiger partial charge on any atom is 0.259 e. The van der Waals surface area contributed by atoms with E-state index in [4.69, 9.17) is 5.73 Å². The summed E-state index contributed by atoms with van der Waals surface area (Å²) in [5, 5.41) is 5.46. The number of nitrogens with zero attached hydrogens (tertiary/aromatic N) is 5. The molecule has 0 radical (unpaired) electrons. The van der Waals surface area contributed by atoms with Crippen molar-refractivity contribution in [2.24, 2.45) is 16.8 Å². The Labute approximate surface area is 102 Å². The molecule has 0 fully saturated rings. The summed E-state index contributed by atoms with van der Waals surface area (Å²) < 4.78 is 0. The van der Waals surface area contributed by atoms with Crippen LogP contribution in [0.15, 0.2) is 17.8 Å². The third kappa shape index (κ3) is 1.39. The van der Waals surface area contributed by atoms with Crippen LogP contribution in [0.5, 0.6) is 0 Å². The van der Waals surface area contributed by atoms with Gasteiger partial charge in [-0.15, -0.1) is 0 Å². The summed E-state index contributed by atoms with van der Waals surface area (Å²) in [6, 6.07) is 0. The Morgan fingerprint density at radius 1 is 1.44 bits per heavy atom. The summed E-state index contributed by atoms with van der Waals surface area (Å²) in [4.78, 5) is 27.2. The molecule has 8 nitrogen and oxygen atoms in total. The molecule has 1 unspecified atom stereocenters. The molecule has 0 saturated carbocycles. The number of anilines is 1. The third-order valence-corrected chi connectivity index (χ3v) is 2.91. The van der Waals surface area contributed by atoms with Gasteiger partial charge in [0.1, 0.15) is 11.8 Å². The molecule has 0 bridgehead atoms. The average molecular weight is 245 g/mol. The van der Waals surface area contributed by atoms with E-state index in [1.807, 2.05) is 0 Å². The second-order valence-electron chi connectivity index (χ2n) is 3.98. The number of hydrogen-bond donors (Lipinski definition) is 2. The molecule has 0 spiro atoms. The van der Waals surface area contributed by atoms with E-state index in [2.05, 4.69) is 25.0 Å². The van der Waals surface area contributed by atoms with Gasteiger partial charge in [-0.05, 0) is 6.92 Å². The molecule has 0 aliphatic carbocycles. The predicted molar refractivity (Wildman–Crippen MR) is 64.8 cm³/mol. The van der Waals surface area contributed by atoms with Crippen molar-refractivity contribution in [3.05, 3.63) is 12.7 Å². The Hall–Kier alpha value is -2.35. The Kier molecular flexibility index (Phi) is 2.30. The number of imidazole rings is 1. The van der Waals surface area contributed by atoms with Gasteiger partial charge < -0.3 is 10.7 Å². The molecule has 0 saturated heterocycles. The highest BCUT2D eigenvalue weighted by molar-refractivity contribution is 6.16. The highest BCUT2D eigenvalue weighted by Gasteiger charge is 2.35. The van der Waals surface area contributed by atoms with Crippen LogP contribution in [-0.4, -0.2) is 38.1 Å². The lowest BCUT2D eigenvalue weighted by atomic mass is 10.1. The topological polar surface area (TPSA) is 113 Å². The minimum absolute atomic E-state index is 0.176. The van der Waals surface area contributed by atoms with Crippen molar-refractivity contribution in [1.29, 1.82) is 0 Å². The SMILES string of the molecule is CC1=NN(c2ncnc3nc[nH]c23)C(=O)C1CN. The fourth-order valence-corrected chi connectivity index (χ4v) is 1.94. The van der Waals surface area contributed by atoms with Gasteiger partial charge in [-0.1, -0.05) is 0 Å². The number of hydrogen-bond acceptors (Lipinski definition) is 6. The smallest absolute Gasteiger partial charge is 0.259 e. The first-order valence-electron chi connectivity index (χ1n) is 5.45. The van der Waals surface area contributed by atoms with Gasteiger partial charge in [0, 0.05) is 12.3 Å². The Morgan fingerprint density at radius 3 is 3.00 bits per heavy atom. The highest BCUT2D eigenvalue weighted by Crippen LogP contribution is 2.25. The van der Waals surface area contributed by atoms with Crippen LogP contribution in [0.2, 0.25) is 0 Å². The maximum absolute atomic E-state index is 12.1. The molecular weight excluding hydrogens is 234 g/mol. The van der Waals surface area contributed by atoms with E-state index in [1.54, 1.807) is 6.92 Å². The van der Waals surface area contributed by atoms with Gasteiger partial charge >= 0.3 is 0 Å². The van der Waals surface area contributed by atoms with E-state index in [1.165, 1.54) is 17.7 Å². The number of carbonyl (C=O) groups is 1. The number of hydrazone groups is 1. The largest absolute Gasteiger partial charge is 0.340 e. The number of aromatic nitrogens is 4. The summed E-state index contributed by atoms with van der Waals surface area (Å²) >= 11 is 0. The van der Waals surface area contributed by atoms with Crippen LogP contribution in [0.3, 0.4) is 0 Å². The van der Waals surface area contributed by atoms with Crippen molar-refractivity contribution in [3.8, 4) is 0 Å². The minimum atomic E-state index is -0.377. The van der Waals surface area contributed by atoms with E-state index < -0.39 is 0 Å². The molecule has 3 heterocycles. The fraction of sp³-hybridized carbons (Fsp3) is 0.300. The monoisotopic (exact) mass is 245 g/mol. The first-order chi connectivity index (χ1) is 8.72. The number of nitrogens with two attached hydrogens (primary N) is 1. The molecular formula is C10H11N7O. The van der Waals surface area contributed by atoms with E-state index in [0.717, 1.165) is 0 Å². The van der Waals surface area contributed by atoms with Crippen molar-refractivity contribution < 1.29 is 4.79 Å². The zero-order chi connectivity index (χ0) is 12.7. The van der Waals surface area contributed by atoms with Crippen LogP contribution < -0.4 is 10.7 Å². The maximum atomic E-state index is 12.1. The molecule has 3 rings (SSSR count). The minimum Gasteiger partial charge on any atom is -0.340 e. The number of rotatable bonds is 2. The van der Waals surface area contributed by atoms with E-state index >= 15 is 0 Å². The Balaban J connectivity index is 2.11. The van der Waals surface area contributed by atoms with Crippen molar-refractivity contribution in [2.75, 3.05) is 11.6 Å². The number of amides is 1. The summed E-state index contributed by atoms with van der Waals surface area (Å²) in [5.41, 5.74) is 7.34. The zero-order valence-electron chi connectivity index (χ0n) is 9.66. The summed E-state index contributed by atoms with van der Waals surface area (Å²) in [6.07, 6.45) is 2.85. The van der Waals surface area contributed by atoms with Crippen LogP contribution in [0.25, 0.3) is 11.2 Å². The van der Waals surface area contributed by atoms with Crippen molar-refractivity contribution in [1.82, 2.24) is 19.9 Å². The predicted octanol–water partition coefficient (Wildman–Crippen LogP) is -0.350. The summed E-state index contributed by atoms with van der Waals surface area (Å²) in [7, 11) is 0. The van der Waals surface area contributed by atoms with E-state index in [0.29, 0.717) is 22.7 Å². The molecule has 1 aliphatic rings. The second kappa shape index (κ2) is 3.84. The van der Waals surface area contributed by atoms with Crippen LogP contribution in [0.1, 0.15) is 6.92 Å². The van der Waals surface area contributed by atoms with Gasteiger partial charge in [-0.3, -0.25) is 4.79 Å². The standard InChI is InChI=1S/C10H11N7O/c1-5-6(2-11)10(18)17(16-5)9-7-8(13-3-12-7)14-4-15-9/h3-4,6H,2,11H2,1H3,(H,12,13,14,15). The molecule has 1 atom stereocenters. The third-order valence-electron chi connectivity index (χ3n) is 2.91. The lowest BCUT2D eigenvalue weighted by Crippen LogP contribution is -2.32. The number of H-pyrrole nitrogens is 1. The lowest BCUT2D eigenvalue weighted by molar-refractivity contribution is -0.119. The van der Waals surface area contributed by atoms with Gasteiger partial charge in [0.2, 0.25) is 0 Å². The molecule has 2 aromatic heterocycles. The number of carbonyl (C=O) groups excluding carboxylic acids is 1. The zero-order valence-corrected chi connectivity index (χ0v) is 9.66. The van der Waals surface area contributed by atoms with Gasteiger partial charge in [-0.2, -0.15) is 10.1 Å². The molecule has 8 heteroatoms. The van der Waals surface area contributed by atoms with Crippen molar-refractivity contribution in [3.63, 3.8) is 0 Å². The first-order valence-corrected chi connectivity index (χ1v) is 5.45.